The third-order valence-electron chi connectivity index (χ3n) is 6.52. The van der Waals surface area contributed by atoms with Gasteiger partial charge in [-0.15, -0.1) is 0 Å². The van der Waals surface area contributed by atoms with Gasteiger partial charge in [0.1, 0.15) is 6.10 Å². The number of esters is 1. The molecular formula is C23H32O6. The van der Waals surface area contributed by atoms with Crippen LogP contribution in [0, 0.1) is 16.7 Å². The third-order valence-corrected chi connectivity index (χ3v) is 6.52. The van der Waals surface area contributed by atoms with Crippen molar-refractivity contribution in [3.8, 4) is 0 Å². The fourth-order valence-corrected chi connectivity index (χ4v) is 5.28. The standard InChI is InChI=1S/C23H32O6/c1-5-6-7-8-9-11-18(25)29-17-14-16(15-24)23(28,20(26)27)22(4)13-10-12-21(2,3)19(17)22/h5-9,11,14,17,19,24,28H,10,12-13,15H2,1-4H3,(H,26,27)/b6-5+,8-7+,11-9+/t17-,19+,22+,23?/m1/s1. The van der Waals surface area contributed by atoms with Crippen LogP contribution in [0.2, 0.25) is 0 Å². The van der Waals surface area contributed by atoms with Crippen LogP contribution in [0.3, 0.4) is 0 Å². The minimum Gasteiger partial charge on any atom is -0.479 e. The lowest BCUT2D eigenvalue weighted by Crippen LogP contribution is -2.66. The van der Waals surface area contributed by atoms with Crippen LogP contribution >= 0.6 is 0 Å². The summed E-state index contributed by atoms with van der Waals surface area (Å²) in [6.07, 6.45) is 12.7. The van der Waals surface area contributed by atoms with Crippen LogP contribution in [0.1, 0.15) is 47.0 Å². The van der Waals surface area contributed by atoms with E-state index in [0.717, 1.165) is 12.8 Å². The summed E-state index contributed by atoms with van der Waals surface area (Å²) in [6, 6.07) is 0. The first-order chi connectivity index (χ1) is 13.5. The number of carboxylic acids is 1. The van der Waals surface area contributed by atoms with E-state index in [2.05, 4.69) is 0 Å². The molecule has 0 heterocycles. The van der Waals surface area contributed by atoms with Crippen molar-refractivity contribution in [1.82, 2.24) is 0 Å². The van der Waals surface area contributed by atoms with E-state index in [1.54, 1.807) is 25.2 Å². The lowest BCUT2D eigenvalue weighted by Gasteiger charge is -2.60. The molecule has 2 aliphatic rings. The largest absolute Gasteiger partial charge is 0.479 e. The molecule has 0 aliphatic heterocycles. The van der Waals surface area contributed by atoms with Crippen LogP contribution in [0.15, 0.2) is 48.1 Å². The number of aliphatic hydroxyl groups excluding tert-OH is 1. The number of carbonyl (C=O) groups excluding carboxylic acids is 1. The molecule has 6 nitrogen and oxygen atoms in total. The van der Waals surface area contributed by atoms with Gasteiger partial charge in [-0.3, -0.25) is 0 Å². The van der Waals surface area contributed by atoms with Gasteiger partial charge in [-0.25, -0.2) is 9.59 Å². The predicted molar refractivity (Wildman–Crippen MR) is 110 cm³/mol. The summed E-state index contributed by atoms with van der Waals surface area (Å²) in [7, 11) is 0. The molecule has 2 aliphatic carbocycles. The first-order valence-corrected chi connectivity index (χ1v) is 9.99. The maximum absolute atomic E-state index is 12.4. The van der Waals surface area contributed by atoms with Crippen LogP contribution in [-0.4, -0.2) is 45.6 Å². The zero-order valence-electron chi connectivity index (χ0n) is 17.6. The lowest BCUT2D eigenvalue weighted by molar-refractivity contribution is -0.204. The fourth-order valence-electron chi connectivity index (χ4n) is 5.28. The Labute approximate surface area is 172 Å². The number of rotatable bonds is 6. The number of fused-ring (bicyclic) bond motifs is 1. The molecular weight excluding hydrogens is 372 g/mol. The van der Waals surface area contributed by atoms with Gasteiger partial charge in [0.2, 0.25) is 0 Å². The molecule has 160 valence electrons. The van der Waals surface area contributed by atoms with Gasteiger partial charge < -0.3 is 20.1 Å². The van der Waals surface area contributed by atoms with Crippen molar-refractivity contribution in [2.24, 2.45) is 16.7 Å². The van der Waals surface area contributed by atoms with E-state index in [0.29, 0.717) is 6.42 Å². The monoisotopic (exact) mass is 404 g/mol. The molecule has 0 spiro atoms. The number of aliphatic hydroxyl groups is 2. The van der Waals surface area contributed by atoms with Crippen LogP contribution in [-0.2, 0) is 14.3 Å². The molecule has 0 aromatic carbocycles. The molecule has 0 radical (unpaired) electrons. The number of carbonyl (C=O) groups is 2. The second-order valence-corrected chi connectivity index (χ2v) is 8.77. The molecule has 0 aromatic rings. The smallest absolute Gasteiger partial charge is 0.340 e. The number of hydrogen-bond acceptors (Lipinski definition) is 5. The van der Waals surface area contributed by atoms with Crippen molar-refractivity contribution < 1.29 is 29.6 Å². The molecule has 4 atom stereocenters. The van der Waals surface area contributed by atoms with Gasteiger partial charge in [-0.1, -0.05) is 57.6 Å². The molecule has 1 unspecified atom stereocenters. The maximum Gasteiger partial charge on any atom is 0.340 e. The number of allylic oxidation sites excluding steroid dienone is 5. The van der Waals surface area contributed by atoms with Crippen LogP contribution < -0.4 is 0 Å². The second kappa shape index (κ2) is 8.67. The Hall–Kier alpha value is -2.18. The Kier molecular flexibility index (Phi) is 6.91. The molecule has 6 heteroatoms. The summed E-state index contributed by atoms with van der Waals surface area (Å²) in [6.45, 7) is 7.00. The van der Waals surface area contributed by atoms with Crippen molar-refractivity contribution >= 4 is 11.9 Å². The summed E-state index contributed by atoms with van der Waals surface area (Å²) in [5.41, 5.74) is -3.70. The van der Waals surface area contributed by atoms with Gasteiger partial charge in [0, 0.05) is 17.4 Å². The second-order valence-electron chi connectivity index (χ2n) is 8.77. The van der Waals surface area contributed by atoms with Gasteiger partial charge >= 0.3 is 11.9 Å². The Morgan fingerprint density at radius 1 is 1.17 bits per heavy atom. The first kappa shape index (κ1) is 23.1. The molecule has 3 N–H and O–H groups in total. The van der Waals surface area contributed by atoms with Gasteiger partial charge in [-0.05, 0) is 36.8 Å². The normalized spacial score (nSPS) is 34.3. The zero-order chi connectivity index (χ0) is 21.9. The quantitative estimate of drug-likeness (QED) is 0.272. The van der Waals surface area contributed by atoms with E-state index in [1.807, 2.05) is 32.9 Å². The molecule has 1 fully saturated rings. The van der Waals surface area contributed by atoms with Gasteiger partial charge in [0.05, 0.1) is 6.61 Å². The molecule has 0 bridgehead atoms. The van der Waals surface area contributed by atoms with E-state index in [4.69, 9.17) is 4.74 Å². The summed E-state index contributed by atoms with van der Waals surface area (Å²) in [4.78, 5) is 24.5. The maximum atomic E-state index is 12.4. The lowest BCUT2D eigenvalue weighted by atomic mass is 9.46. The Morgan fingerprint density at radius 2 is 1.83 bits per heavy atom. The summed E-state index contributed by atoms with van der Waals surface area (Å²) in [5, 5.41) is 31.0. The van der Waals surface area contributed by atoms with Gasteiger partial charge in [0.15, 0.2) is 5.60 Å². The minimum atomic E-state index is -2.21. The minimum absolute atomic E-state index is 0.0313. The van der Waals surface area contributed by atoms with Crippen molar-refractivity contribution in [2.75, 3.05) is 6.61 Å². The molecule has 0 aromatic heterocycles. The van der Waals surface area contributed by atoms with Crippen molar-refractivity contribution in [1.29, 1.82) is 0 Å². The van der Waals surface area contributed by atoms with E-state index in [-0.39, 0.29) is 11.0 Å². The highest BCUT2D eigenvalue weighted by atomic mass is 16.5. The van der Waals surface area contributed by atoms with E-state index >= 15 is 0 Å². The highest BCUT2D eigenvalue weighted by molar-refractivity contribution is 5.85. The predicted octanol–water partition coefficient (Wildman–Crippen LogP) is 3.17. The Morgan fingerprint density at radius 3 is 2.41 bits per heavy atom. The molecule has 0 saturated heterocycles. The number of ether oxygens (including phenoxy) is 1. The van der Waals surface area contributed by atoms with Crippen LogP contribution in [0.25, 0.3) is 0 Å². The highest BCUT2D eigenvalue weighted by Gasteiger charge is 2.67. The summed E-state index contributed by atoms with van der Waals surface area (Å²) in [5.74, 6) is -2.36. The van der Waals surface area contributed by atoms with E-state index in [1.165, 1.54) is 12.2 Å². The Bertz CT molecular complexity index is 759. The zero-order valence-corrected chi connectivity index (χ0v) is 17.6. The summed E-state index contributed by atoms with van der Waals surface area (Å²) < 4.78 is 5.70. The molecule has 2 rings (SSSR count). The van der Waals surface area contributed by atoms with Crippen molar-refractivity contribution in [3.63, 3.8) is 0 Å². The average molecular weight is 405 g/mol. The van der Waals surface area contributed by atoms with Crippen molar-refractivity contribution in [2.45, 2.75) is 58.7 Å². The van der Waals surface area contributed by atoms with Crippen LogP contribution in [0.5, 0.6) is 0 Å². The number of aliphatic carboxylic acids is 1. The van der Waals surface area contributed by atoms with E-state index in [9.17, 15) is 24.9 Å². The topological polar surface area (TPSA) is 104 Å². The molecule has 0 amide bonds. The SMILES string of the molecule is C/C=C/C=C/C=C/C(=O)O[C@@H]1C=C(CO)C(O)(C(=O)O)[C@@]2(C)CCCC(C)(C)[C@H]12. The molecule has 29 heavy (non-hydrogen) atoms. The number of carboxylic acid groups (broad SMARTS) is 1. The van der Waals surface area contributed by atoms with Crippen molar-refractivity contribution in [3.05, 3.63) is 48.1 Å². The fraction of sp³-hybridized carbons (Fsp3) is 0.565. The van der Waals surface area contributed by atoms with Gasteiger partial charge in [-0.2, -0.15) is 0 Å². The third kappa shape index (κ3) is 4.09. The summed E-state index contributed by atoms with van der Waals surface area (Å²) >= 11 is 0. The number of hydrogen-bond donors (Lipinski definition) is 3. The average Bonchev–Trinajstić information content (AvgIpc) is 2.63. The first-order valence-electron chi connectivity index (χ1n) is 9.99. The van der Waals surface area contributed by atoms with E-state index < -0.39 is 41.6 Å². The van der Waals surface area contributed by atoms with Crippen LogP contribution in [0.4, 0.5) is 0 Å². The molecule has 1 saturated carbocycles. The van der Waals surface area contributed by atoms with Gasteiger partial charge in [0.25, 0.3) is 0 Å². The highest BCUT2D eigenvalue weighted by Crippen LogP contribution is 2.61. The Balaban J connectivity index is 2.45.